The molecule has 2 atom stereocenters. The van der Waals surface area contributed by atoms with Crippen molar-refractivity contribution in [2.75, 3.05) is 18.9 Å². The number of carbonyl (C=O) groups excluding carboxylic acids is 1. The fourth-order valence-corrected chi connectivity index (χ4v) is 4.13. The van der Waals surface area contributed by atoms with Gasteiger partial charge in [0.1, 0.15) is 6.10 Å². The lowest BCUT2D eigenvalue weighted by molar-refractivity contribution is -0.119. The van der Waals surface area contributed by atoms with Crippen molar-refractivity contribution in [1.29, 1.82) is 0 Å². The molecule has 1 heterocycles. The molecule has 1 aromatic heterocycles. The number of nitrogens with one attached hydrogen (secondary N) is 3. The van der Waals surface area contributed by atoms with Crippen molar-refractivity contribution in [1.82, 2.24) is 10.6 Å². The van der Waals surface area contributed by atoms with E-state index in [0.29, 0.717) is 19.0 Å². The summed E-state index contributed by atoms with van der Waals surface area (Å²) in [4.78, 5) is 17.3. The van der Waals surface area contributed by atoms with E-state index < -0.39 is 6.10 Å². The normalized spacial score (nSPS) is 13.6. The van der Waals surface area contributed by atoms with Gasteiger partial charge in [-0.2, -0.15) is 0 Å². The molecule has 2 aromatic carbocycles. The van der Waals surface area contributed by atoms with Crippen LogP contribution in [0.4, 0.5) is 5.69 Å². The number of aliphatic hydroxyl groups is 1. The van der Waals surface area contributed by atoms with E-state index in [2.05, 4.69) is 33.1 Å². The van der Waals surface area contributed by atoms with Gasteiger partial charge in [0, 0.05) is 41.3 Å². The zero-order valence-corrected chi connectivity index (χ0v) is 19.0. The zero-order chi connectivity index (χ0) is 22.2. The lowest BCUT2D eigenvalue weighted by Gasteiger charge is -2.15. The monoisotopic (exact) mass is 438 g/mol. The number of fused-ring (bicyclic) bond motifs is 1. The van der Waals surface area contributed by atoms with Crippen LogP contribution < -0.4 is 16.0 Å². The SMILES string of the molecule is CCC(C)C(=O)Nc1cccc(CNC(=NC)NCC(O)c2cc3ccccc3s2)c1. The molecule has 4 N–H and O–H groups in total. The van der Waals surface area contributed by atoms with Crippen LogP contribution in [0, 0.1) is 5.92 Å². The van der Waals surface area contributed by atoms with Gasteiger partial charge in [0.25, 0.3) is 0 Å². The second-order valence-corrected chi connectivity index (χ2v) is 8.62. The molecule has 164 valence electrons. The van der Waals surface area contributed by atoms with Crippen molar-refractivity contribution in [3.63, 3.8) is 0 Å². The molecule has 3 rings (SSSR count). The fraction of sp³-hybridized carbons (Fsp3) is 0.333. The fourth-order valence-electron chi connectivity index (χ4n) is 3.08. The van der Waals surface area contributed by atoms with Crippen LogP contribution >= 0.6 is 11.3 Å². The third-order valence-electron chi connectivity index (χ3n) is 5.17. The number of aliphatic hydroxyl groups excluding tert-OH is 1. The van der Waals surface area contributed by atoms with Crippen LogP contribution in [0.25, 0.3) is 10.1 Å². The van der Waals surface area contributed by atoms with E-state index in [1.807, 2.05) is 56.3 Å². The first-order chi connectivity index (χ1) is 15.0. The van der Waals surface area contributed by atoms with E-state index in [1.165, 1.54) is 4.70 Å². The molecule has 0 saturated heterocycles. The van der Waals surface area contributed by atoms with Gasteiger partial charge in [-0.15, -0.1) is 11.3 Å². The van der Waals surface area contributed by atoms with Gasteiger partial charge in [-0.3, -0.25) is 9.79 Å². The number of thiophene rings is 1. The molecule has 0 saturated carbocycles. The van der Waals surface area contributed by atoms with Crippen LogP contribution in [-0.2, 0) is 11.3 Å². The third kappa shape index (κ3) is 6.29. The van der Waals surface area contributed by atoms with Gasteiger partial charge in [-0.05, 0) is 41.6 Å². The molecule has 0 aliphatic carbocycles. The van der Waals surface area contributed by atoms with Gasteiger partial charge in [0.2, 0.25) is 5.91 Å². The number of nitrogens with zero attached hydrogens (tertiary/aromatic N) is 1. The largest absolute Gasteiger partial charge is 0.386 e. The molecular formula is C24H30N4O2S. The first-order valence-electron chi connectivity index (χ1n) is 10.5. The lowest BCUT2D eigenvalue weighted by atomic mass is 10.1. The first-order valence-corrected chi connectivity index (χ1v) is 11.3. The van der Waals surface area contributed by atoms with Crippen molar-refractivity contribution >= 4 is 39.0 Å². The van der Waals surface area contributed by atoms with E-state index in [0.717, 1.165) is 27.9 Å². The first kappa shape index (κ1) is 22.8. The Morgan fingerprint density at radius 1 is 1.13 bits per heavy atom. The number of carbonyl (C=O) groups is 1. The minimum absolute atomic E-state index is 0.0165. The summed E-state index contributed by atoms with van der Waals surface area (Å²) in [6.45, 7) is 4.83. The quantitative estimate of drug-likeness (QED) is 0.312. The van der Waals surface area contributed by atoms with E-state index in [1.54, 1.807) is 18.4 Å². The van der Waals surface area contributed by atoms with Crippen LogP contribution in [-0.4, -0.2) is 30.6 Å². The number of hydrogen-bond acceptors (Lipinski definition) is 4. The number of guanidine groups is 1. The molecule has 1 amide bonds. The summed E-state index contributed by atoms with van der Waals surface area (Å²) in [5.41, 5.74) is 1.81. The molecular weight excluding hydrogens is 408 g/mol. The highest BCUT2D eigenvalue weighted by molar-refractivity contribution is 7.19. The highest BCUT2D eigenvalue weighted by Crippen LogP contribution is 2.29. The maximum atomic E-state index is 12.1. The molecule has 0 bridgehead atoms. The number of amides is 1. The minimum atomic E-state index is -0.616. The summed E-state index contributed by atoms with van der Waals surface area (Å²) in [5.74, 6) is 0.617. The molecule has 3 aromatic rings. The molecule has 0 radical (unpaired) electrons. The number of hydrogen-bond donors (Lipinski definition) is 4. The molecule has 7 heteroatoms. The maximum absolute atomic E-state index is 12.1. The molecule has 31 heavy (non-hydrogen) atoms. The molecule has 0 aliphatic rings. The van der Waals surface area contributed by atoms with E-state index in [4.69, 9.17) is 0 Å². The predicted molar refractivity (Wildman–Crippen MR) is 130 cm³/mol. The highest BCUT2D eigenvalue weighted by atomic mass is 32.1. The van der Waals surface area contributed by atoms with Crippen LogP contribution in [0.3, 0.4) is 0 Å². The van der Waals surface area contributed by atoms with Gasteiger partial charge in [-0.1, -0.05) is 44.2 Å². The Morgan fingerprint density at radius 3 is 2.68 bits per heavy atom. The number of rotatable bonds is 8. The van der Waals surface area contributed by atoms with Gasteiger partial charge in [0.15, 0.2) is 5.96 Å². The van der Waals surface area contributed by atoms with Crippen molar-refractivity contribution in [2.24, 2.45) is 10.9 Å². The van der Waals surface area contributed by atoms with Crippen LogP contribution in [0.15, 0.2) is 59.6 Å². The molecule has 0 spiro atoms. The summed E-state index contributed by atoms with van der Waals surface area (Å²) < 4.78 is 1.17. The van der Waals surface area contributed by atoms with E-state index in [-0.39, 0.29) is 11.8 Å². The Labute approximate surface area is 187 Å². The maximum Gasteiger partial charge on any atom is 0.227 e. The van der Waals surface area contributed by atoms with Gasteiger partial charge < -0.3 is 21.1 Å². The smallest absolute Gasteiger partial charge is 0.227 e. The summed E-state index contributed by atoms with van der Waals surface area (Å²) in [6, 6.07) is 17.9. The second kappa shape index (κ2) is 10.9. The van der Waals surface area contributed by atoms with Gasteiger partial charge >= 0.3 is 0 Å². The number of benzene rings is 2. The van der Waals surface area contributed by atoms with Crippen molar-refractivity contribution in [3.8, 4) is 0 Å². The van der Waals surface area contributed by atoms with Crippen LogP contribution in [0.5, 0.6) is 0 Å². The van der Waals surface area contributed by atoms with Crippen molar-refractivity contribution < 1.29 is 9.90 Å². The highest BCUT2D eigenvalue weighted by Gasteiger charge is 2.13. The van der Waals surface area contributed by atoms with Crippen molar-refractivity contribution in [2.45, 2.75) is 32.9 Å². The van der Waals surface area contributed by atoms with Crippen LogP contribution in [0.1, 0.15) is 36.8 Å². The zero-order valence-electron chi connectivity index (χ0n) is 18.2. The Balaban J connectivity index is 1.52. The molecule has 0 fully saturated rings. The van der Waals surface area contributed by atoms with Gasteiger partial charge in [-0.25, -0.2) is 0 Å². The Bertz CT molecular complexity index is 1010. The summed E-state index contributed by atoms with van der Waals surface area (Å²) in [6.07, 6.45) is 0.192. The van der Waals surface area contributed by atoms with Crippen molar-refractivity contribution in [3.05, 3.63) is 65.0 Å². The predicted octanol–water partition coefficient (Wildman–Crippen LogP) is 4.28. The second-order valence-electron chi connectivity index (χ2n) is 7.51. The summed E-state index contributed by atoms with van der Waals surface area (Å²) in [5, 5.41) is 21.1. The molecule has 2 unspecified atom stereocenters. The Morgan fingerprint density at radius 2 is 1.94 bits per heavy atom. The standard InChI is InChI=1S/C24H30N4O2S/c1-4-16(2)23(30)28-19-10-7-8-17(12-19)14-26-24(25-3)27-15-20(29)22-13-18-9-5-6-11-21(18)31-22/h5-13,16,20,29H,4,14-15H2,1-3H3,(H,28,30)(H2,25,26,27). The Kier molecular flexibility index (Phi) is 8.03. The number of aliphatic imine (C=N–C) groups is 1. The molecule has 0 aliphatic heterocycles. The summed E-state index contributed by atoms with van der Waals surface area (Å²) in [7, 11) is 1.70. The van der Waals surface area contributed by atoms with Gasteiger partial charge in [0.05, 0.1) is 0 Å². The van der Waals surface area contributed by atoms with E-state index in [9.17, 15) is 9.90 Å². The van der Waals surface area contributed by atoms with Crippen LogP contribution in [0.2, 0.25) is 0 Å². The lowest BCUT2D eigenvalue weighted by Crippen LogP contribution is -2.38. The average Bonchev–Trinajstić information content (AvgIpc) is 3.23. The minimum Gasteiger partial charge on any atom is -0.386 e. The Hall–Kier alpha value is -2.90. The number of anilines is 1. The average molecular weight is 439 g/mol. The topological polar surface area (TPSA) is 85.8 Å². The third-order valence-corrected chi connectivity index (χ3v) is 6.39. The summed E-state index contributed by atoms with van der Waals surface area (Å²) >= 11 is 1.60. The molecule has 6 nitrogen and oxygen atoms in total. The van der Waals surface area contributed by atoms with E-state index >= 15 is 0 Å².